The van der Waals surface area contributed by atoms with E-state index in [1.165, 1.54) is 0 Å². The van der Waals surface area contributed by atoms with Gasteiger partial charge in [0.2, 0.25) is 0 Å². The Balaban J connectivity index is 2.73. The van der Waals surface area contributed by atoms with E-state index < -0.39 is 30.5 Å². The molecule has 0 aromatic heterocycles. The number of carbonyl (C=O) groups excluding carboxylic acids is 1. The average Bonchev–Trinajstić information content (AvgIpc) is 2.15. The fourth-order valence-electron chi connectivity index (χ4n) is 1.35. The van der Waals surface area contributed by atoms with Gasteiger partial charge < -0.3 is 14.9 Å². The highest BCUT2D eigenvalue weighted by Crippen LogP contribution is 2.12. The van der Waals surface area contributed by atoms with E-state index in [1.807, 2.05) is 0 Å². The van der Waals surface area contributed by atoms with Gasteiger partial charge in [-0.1, -0.05) is 0 Å². The van der Waals surface area contributed by atoms with Gasteiger partial charge in [-0.15, -0.1) is 0 Å². The van der Waals surface area contributed by atoms with Crippen LogP contribution in [0.5, 0.6) is 0 Å². The number of rotatable bonds is 4. The van der Waals surface area contributed by atoms with Gasteiger partial charge in [0.05, 0.1) is 13.0 Å². The first kappa shape index (κ1) is 11.3. The van der Waals surface area contributed by atoms with Crippen molar-refractivity contribution in [3.05, 3.63) is 0 Å². The lowest BCUT2D eigenvalue weighted by atomic mass is 10.1. The third-order valence-electron chi connectivity index (χ3n) is 2.03. The van der Waals surface area contributed by atoms with Crippen molar-refractivity contribution in [1.82, 2.24) is 4.90 Å². The standard InChI is InChI=1S/C8H11NO6/c10-6(11)4-5(7(12)13)9-2-1-3-15-8(9)14/h5H,1-4H2,(H,10,11)(H,12,13). The number of carboxylic acid groups (broad SMARTS) is 2. The molecule has 1 atom stereocenters. The molecule has 1 saturated heterocycles. The molecule has 0 saturated carbocycles. The van der Waals surface area contributed by atoms with Crippen LogP contribution in [0.3, 0.4) is 0 Å². The average molecular weight is 217 g/mol. The third-order valence-corrected chi connectivity index (χ3v) is 2.03. The molecule has 1 heterocycles. The number of carbonyl (C=O) groups is 3. The van der Waals surface area contributed by atoms with Gasteiger partial charge in [-0.05, 0) is 6.42 Å². The molecule has 0 aromatic carbocycles. The van der Waals surface area contributed by atoms with Crippen LogP contribution in [0.2, 0.25) is 0 Å². The van der Waals surface area contributed by atoms with Gasteiger partial charge >= 0.3 is 18.0 Å². The van der Waals surface area contributed by atoms with Gasteiger partial charge in [-0.3, -0.25) is 9.69 Å². The zero-order valence-corrected chi connectivity index (χ0v) is 7.88. The highest BCUT2D eigenvalue weighted by Gasteiger charge is 2.34. The largest absolute Gasteiger partial charge is 0.481 e. The summed E-state index contributed by atoms with van der Waals surface area (Å²) in [5.41, 5.74) is 0. The maximum absolute atomic E-state index is 11.2. The Morgan fingerprint density at radius 2 is 2.13 bits per heavy atom. The molecule has 1 amide bonds. The van der Waals surface area contributed by atoms with Crippen molar-refractivity contribution in [1.29, 1.82) is 0 Å². The van der Waals surface area contributed by atoms with Gasteiger partial charge in [0.15, 0.2) is 0 Å². The topological polar surface area (TPSA) is 104 Å². The van der Waals surface area contributed by atoms with Crippen molar-refractivity contribution in [2.75, 3.05) is 13.2 Å². The molecule has 1 aliphatic heterocycles. The molecule has 84 valence electrons. The molecule has 0 spiro atoms. The van der Waals surface area contributed by atoms with Gasteiger partial charge in [0, 0.05) is 6.54 Å². The van der Waals surface area contributed by atoms with Crippen molar-refractivity contribution in [2.24, 2.45) is 0 Å². The molecule has 7 heteroatoms. The molecule has 1 aliphatic rings. The Hall–Kier alpha value is -1.79. The summed E-state index contributed by atoms with van der Waals surface area (Å²) in [6.07, 6.45) is -0.880. The molecule has 2 N–H and O–H groups in total. The van der Waals surface area contributed by atoms with E-state index in [1.54, 1.807) is 0 Å². The van der Waals surface area contributed by atoms with Gasteiger partial charge in [-0.25, -0.2) is 9.59 Å². The monoisotopic (exact) mass is 217 g/mol. The second kappa shape index (κ2) is 4.63. The van der Waals surface area contributed by atoms with E-state index in [2.05, 4.69) is 4.74 Å². The van der Waals surface area contributed by atoms with Crippen LogP contribution in [0.15, 0.2) is 0 Å². The molecule has 7 nitrogen and oxygen atoms in total. The van der Waals surface area contributed by atoms with Crippen LogP contribution >= 0.6 is 0 Å². The number of ether oxygens (including phenoxy) is 1. The number of nitrogens with zero attached hydrogens (tertiary/aromatic N) is 1. The van der Waals surface area contributed by atoms with E-state index >= 15 is 0 Å². The number of cyclic esters (lactones) is 1. The SMILES string of the molecule is O=C(O)CC(C(=O)O)N1CCCOC1=O. The van der Waals surface area contributed by atoms with E-state index in [0.717, 1.165) is 4.90 Å². The molecular formula is C8H11NO6. The minimum absolute atomic E-state index is 0.211. The molecule has 0 aliphatic carbocycles. The molecule has 0 aromatic rings. The Labute approximate surface area is 85.2 Å². The highest BCUT2D eigenvalue weighted by atomic mass is 16.6. The zero-order valence-electron chi connectivity index (χ0n) is 7.88. The fourth-order valence-corrected chi connectivity index (χ4v) is 1.35. The summed E-state index contributed by atoms with van der Waals surface area (Å²) < 4.78 is 4.63. The van der Waals surface area contributed by atoms with Crippen molar-refractivity contribution >= 4 is 18.0 Å². The molecule has 0 radical (unpaired) electrons. The predicted octanol–water partition coefficient (Wildman–Crippen LogP) is -0.243. The van der Waals surface area contributed by atoms with Crippen LogP contribution in [-0.4, -0.2) is 52.3 Å². The summed E-state index contributed by atoms with van der Waals surface area (Å²) >= 11 is 0. The lowest BCUT2D eigenvalue weighted by molar-refractivity contribution is -0.149. The van der Waals surface area contributed by atoms with Crippen molar-refractivity contribution in [3.8, 4) is 0 Å². The molecule has 0 bridgehead atoms. The minimum atomic E-state index is -1.35. The maximum Gasteiger partial charge on any atom is 0.410 e. The lowest BCUT2D eigenvalue weighted by Crippen LogP contribution is -2.49. The highest BCUT2D eigenvalue weighted by molar-refractivity contribution is 5.84. The van der Waals surface area contributed by atoms with Gasteiger partial charge in [0.25, 0.3) is 0 Å². The summed E-state index contributed by atoms with van der Waals surface area (Å²) in [7, 11) is 0. The zero-order chi connectivity index (χ0) is 11.4. The molecule has 1 rings (SSSR count). The number of carboxylic acids is 2. The number of hydrogen-bond acceptors (Lipinski definition) is 4. The molecule has 1 unspecified atom stereocenters. The van der Waals surface area contributed by atoms with Crippen LogP contribution in [0.1, 0.15) is 12.8 Å². The Morgan fingerprint density at radius 1 is 1.47 bits per heavy atom. The van der Waals surface area contributed by atoms with Crippen LogP contribution < -0.4 is 0 Å². The summed E-state index contributed by atoms with van der Waals surface area (Å²) in [4.78, 5) is 33.3. The van der Waals surface area contributed by atoms with Crippen LogP contribution in [0, 0.1) is 0 Å². The normalized spacial score (nSPS) is 18.1. The second-order valence-corrected chi connectivity index (χ2v) is 3.11. The van der Waals surface area contributed by atoms with E-state index in [0.29, 0.717) is 6.42 Å². The van der Waals surface area contributed by atoms with E-state index in [-0.39, 0.29) is 13.2 Å². The summed E-state index contributed by atoms with van der Waals surface area (Å²) in [6, 6.07) is -1.35. The van der Waals surface area contributed by atoms with Crippen molar-refractivity contribution in [2.45, 2.75) is 18.9 Å². The predicted molar refractivity (Wildman–Crippen MR) is 46.3 cm³/mol. The third kappa shape index (κ3) is 2.83. The van der Waals surface area contributed by atoms with Crippen LogP contribution in [0.4, 0.5) is 4.79 Å². The lowest BCUT2D eigenvalue weighted by Gasteiger charge is -2.30. The Bertz CT molecular complexity index is 289. The first-order chi connectivity index (χ1) is 7.02. The molecule has 15 heavy (non-hydrogen) atoms. The van der Waals surface area contributed by atoms with Crippen molar-refractivity contribution < 1.29 is 29.3 Å². The number of aliphatic carboxylic acids is 2. The summed E-state index contributed by atoms with van der Waals surface area (Å²) in [5, 5.41) is 17.3. The van der Waals surface area contributed by atoms with Gasteiger partial charge in [0.1, 0.15) is 6.04 Å². The van der Waals surface area contributed by atoms with E-state index in [9.17, 15) is 14.4 Å². The van der Waals surface area contributed by atoms with Crippen LogP contribution in [-0.2, 0) is 14.3 Å². The van der Waals surface area contributed by atoms with Gasteiger partial charge in [-0.2, -0.15) is 0 Å². The maximum atomic E-state index is 11.2. The minimum Gasteiger partial charge on any atom is -0.481 e. The molecular weight excluding hydrogens is 206 g/mol. The first-order valence-electron chi connectivity index (χ1n) is 4.40. The summed E-state index contributed by atoms with van der Waals surface area (Å²) in [6.45, 7) is 0.456. The van der Waals surface area contributed by atoms with Crippen molar-refractivity contribution in [3.63, 3.8) is 0 Å². The van der Waals surface area contributed by atoms with E-state index in [4.69, 9.17) is 10.2 Å². The van der Waals surface area contributed by atoms with Crippen LogP contribution in [0.25, 0.3) is 0 Å². The molecule has 1 fully saturated rings. The Morgan fingerprint density at radius 3 is 2.60 bits per heavy atom. The quantitative estimate of drug-likeness (QED) is 0.673. The Kier molecular flexibility index (Phi) is 3.48. The smallest absolute Gasteiger partial charge is 0.410 e. The number of amides is 1. The second-order valence-electron chi connectivity index (χ2n) is 3.11. The number of hydrogen-bond donors (Lipinski definition) is 2. The summed E-state index contributed by atoms with van der Waals surface area (Å²) in [5.74, 6) is -2.60. The first-order valence-corrected chi connectivity index (χ1v) is 4.40. The fraction of sp³-hybridized carbons (Fsp3) is 0.625.